The lowest BCUT2D eigenvalue weighted by molar-refractivity contribution is 0.483. The molecule has 154 valence electrons. The Bertz CT molecular complexity index is 1120. The van der Waals surface area contributed by atoms with Gasteiger partial charge in [0.1, 0.15) is 11.5 Å². The Morgan fingerprint density at radius 1 is 1.03 bits per heavy atom. The number of fused-ring (bicyclic) bond motifs is 1. The lowest BCUT2D eigenvalue weighted by atomic mass is 10.2. The minimum absolute atomic E-state index is 0.652. The molecule has 0 unspecified atom stereocenters. The van der Waals surface area contributed by atoms with Crippen molar-refractivity contribution in [3.8, 4) is 11.5 Å². The Morgan fingerprint density at radius 3 is 2.57 bits per heavy atom. The predicted octanol–water partition coefficient (Wildman–Crippen LogP) is 5.12. The number of imidazole rings is 1. The summed E-state index contributed by atoms with van der Waals surface area (Å²) in [4.78, 5) is 8.95. The first-order valence-electron chi connectivity index (χ1n) is 9.80. The molecule has 30 heavy (non-hydrogen) atoms. The SMILES string of the molecule is C/C(=C\NN)c1cnc2c(Nc3cccc(Oc4ccccc4)c3)nccn12.CC. The monoisotopic (exact) mass is 402 g/mol. The Kier molecular flexibility index (Phi) is 7.02. The fraction of sp³-hybridized carbons (Fsp3) is 0.130. The zero-order valence-electron chi connectivity index (χ0n) is 17.3. The second-order valence-corrected chi connectivity index (χ2v) is 6.17. The summed E-state index contributed by atoms with van der Waals surface area (Å²) in [5.74, 6) is 7.56. The van der Waals surface area contributed by atoms with Crippen LogP contribution in [0.2, 0.25) is 0 Å². The van der Waals surface area contributed by atoms with Crippen LogP contribution in [0, 0.1) is 0 Å². The van der Waals surface area contributed by atoms with Crippen LogP contribution in [0.5, 0.6) is 11.5 Å². The fourth-order valence-corrected chi connectivity index (χ4v) is 2.90. The first-order chi connectivity index (χ1) is 14.7. The minimum Gasteiger partial charge on any atom is -0.457 e. The molecule has 0 spiro atoms. The quantitative estimate of drug-likeness (QED) is 0.306. The summed E-state index contributed by atoms with van der Waals surface area (Å²) in [5, 5.41) is 3.32. The van der Waals surface area contributed by atoms with Gasteiger partial charge in [-0.25, -0.2) is 9.97 Å². The molecule has 0 amide bonds. The molecular weight excluding hydrogens is 376 g/mol. The van der Waals surface area contributed by atoms with Crippen molar-refractivity contribution in [2.45, 2.75) is 20.8 Å². The van der Waals surface area contributed by atoms with E-state index in [1.165, 1.54) is 0 Å². The standard InChI is InChI=1S/C21H20N6O.C2H6/c1-15(13-25-22)19-14-24-21-20(23-10-11-27(19)21)26-16-6-5-9-18(12-16)28-17-7-3-2-4-8-17;1-2/h2-14,25H,22H2,1H3,(H,23,26);1-2H3/b15-13+;. The number of hydrazine groups is 1. The maximum atomic E-state index is 5.90. The zero-order chi connectivity index (χ0) is 21.3. The van der Waals surface area contributed by atoms with Gasteiger partial charge in [-0.1, -0.05) is 38.1 Å². The summed E-state index contributed by atoms with van der Waals surface area (Å²) < 4.78 is 7.86. The number of hydrogen-bond donors (Lipinski definition) is 3. The topological polar surface area (TPSA) is 89.5 Å². The van der Waals surface area contributed by atoms with E-state index in [0.29, 0.717) is 5.82 Å². The number of nitrogens with one attached hydrogen (secondary N) is 2. The van der Waals surface area contributed by atoms with E-state index in [0.717, 1.165) is 34.1 Å². The largest absolute Gasteiger partial charge is 0.457 e. The number of aromatic nitrogens is 3. The average Bonchev–Trinajstić information content (AvgIpc) is 3.22. The summed E-state index contributed by atoms with van der Waals surface area (Å²) in [6, 6.07) is 17.4. The highest BCUT2D eigenvalue weighted by molar-refractivity contribution is 5.73. The lowest BCUT2D eigenvalue weighted by Crippen LogP contribution is -2.14. The molecule has 2 aromatic heterocycles. The minimum atomic E-state index is 0.652. The third kappa shape index (κ3) is 4.76. The van der Waals surface area contributed by atoms with Crippen LogP contribution < -0.4 is 21.3 Å². The van der Waals surface area contributed by atoms with Gasteiger partial charge in [0.05, 0.1) is 11.9 Å². The normalized spacial score (nSPS) is 10.9. The highest BCUT2D eigenvalue weighted by Gasteiger charge is 2.10. The number of allylic oxidation sites excluding steroid dienone is 1. The van der Waals surface area contributed by atoms with Gasteiger partial charge >= 0.3 is 0 Å². The van der Waals surface area contributed by atoms with E-state index >= 15 is 0 Å². The van der Waals surface area contributed by atoms with Crippen molar-refractivity contribution in [3.63, 3.8) is 0 Å². The Balaban J connectivity index is 0.00000124. The molecule has 7 heteroatoms. The van der Waals surface area contributed by atoms with Gasteiger partial charge in [0.15, 0.2) is 11.5 Å². The highest BCUT2D eigenvalue weighted by atomic mass is 16.5. The second-order valence-electron chi connectivity index (χ2n) is 6.17. The van der Waals surface area contributed by atoms with Gasteiger partial charge in [0.2, 0.25) is 0 Å². The third-order valence-electron chi connectivity index (χ3n) is 4.21. The molecule has 2 heterocycles. The van der Waals surface area contributed by atoms with Crippen LogP contribution in [0.25, 0.3) is 11.2 Å². The molecule has 0 aliphatic rings. The van der Waals surface area contributed by atoms with Crippen molar-refractivity contribution in [3.05, 3.63) is 85.1 Å². The maximum absolute atomic E-state index is 5.90. The molecule has 7 nitrogen and oxygen atoms in total. The van der Waals surface area contributed by atoms with Gasteiger partial charge < -0.3 is 15.5 Å². The van der Waals surface area contributed by atoms with Gasteiger partial charge in [0.25, 0.3) is 0 Å². The van der Waals surface area contributed by atoms with E-state index in [4.69, 9.17) is 10.6 Å². The number of nitrogens with two attached hydrogens (primary N) is 1. The van der Waals surface area contributed by atoms with E-state index in [-0.39, 0.29) is 0 Å². The van der Waals surface area contributed by atoms with Crippen molar-refractivity contribution in [2.24, 2.45) is 5.84 Å². The molecule has 0 atom stereocenters. The molecule has 0 fully saturated rings. The predicted molar refractivity (Wildman–Crippen MR) is 122 cm³/mol. The first kappa shape index (κ1) is 20.9. The van der Waals surface area contributed by atoms with Crippen molar-refractivity contribution < 1.29 is 4.74 Å². The molecule has 0 saturated heterocycles. The van der Waals surface area contributed by atoms with E-state index in [2.05, 4.69) is 20.7 Å². The Morgan fingerprint density at radius 2 is 1.80 bits per heavy atom. The summed E-state index contributed by atoms with van der Waals surface area (Å²) in [5.41, 5.74) is 6.02. The number of hydrogen-bond acceptors (Lipinski definition) is 6. The van der Waals surface area contributed by atoms with Gasteiger partial charge in [-0.3, -0.25) is 10.2 Å². The number of ether oxygens (including phenoxy) is 1. The summed E-state index contributed by atoms with van der Waals surface area (Å²) in [6.45, 7) is 5.96. The van der Waals surface area contributed by atoms with Crippen molar-refractivity contribution in [1.29, 1.82) is 0 Å². The number of anilines is 2. The van der Waals surface area contributed by atoms with E-state index in [1.54, 1.807) is 18.6 Å². The van der Waals surface area contributed by atoms with Crippen LogP contribution in [0.15, 0.2) is 79.4 Å². The molecule has 4 N–H and O–H groups in total. The molecule has 2 aromatic carbocycles. The molecular formula is C23H26N6O. The highest BCUT2D eigenvalue weighted by Crippen LogP contribution is 2.27. The number of nitrogens with zero attached hydrogens (tertiary/aromatic N) is 3. The summed E-state index contributed by atoms with van der Waals surface area (Å²) in [6.07, 6.45) is 7.11. The zero-order valence-corrected chi connectivity index (χ0v) is 17.3. The summed E-state index contributed by atoms with van der Waals surface area (Å²) in [7, 11) is 0. The number of benzene rings is 2. The molecule has 4 aromatic rings. The summed E-state index contributed by atoms with van der Waals surface area (Å²) >= 11 is 0. The van der Waals surface area contributed by atoms with E-state index < -0.39 is 0 Å². The van der Waals surface area contributed by atoms with Gasteiger partial charge in [-0.2, -0.15) is 0 Å². The molecule has 4 rings (SSSR count). The van der Waals surface area contributed by atoms with Crippen LogP contribution in [0.1, 0.15) is 26.5 Å². The Hall–Kier alpha value is -3.84. The molecule has 0 saturated carbocycles. The van der Waals surface area contributed by atoms with Crippen LogP contribution in [-0.4, -0.2) is 14.4 Å². The molecule has 0 aliphatic carbocycles. The van der Waals surface area contributed by atoms with E-state index in [1.807, 2.05) is 86.0 Å². The average molecular weight is 403 g/mol. The number of para-hydroxylation sites is 1. The first-order valence-corrected chi connectivity index (χ1v) is 9.80. The van der Waals surface area contributed by atoms with Crippen molar-refractivity contribution in [2.75, 3.05) is 5.32 Å². The van der Waals surface area contributed by atoms with Crippen LogP contribution in [-0.2, 0) is 0 Å². The Labute approximate surface area is 176 Å². The molecule has 0 radical (unpaired) electrons. The molecule has 0 aliphatic heterocycles. The number of rotatable bonds is 6. The van der Waals surface area contributed by atoms with Crippen LogP contribution in [0.3, 0.4) is 0 Å². The van der Waals surface area contributed by atoms with E-state index in [9.17, 15) is 0 Å². The maximum Gasteiger partial charge on any atom is 0.180 e. The third-order valence-corrected chi connectivity index (χ3v) is 4.21. The second kappa shape index (κ2) is 10.1. The van der Waals surface area contributed by atoms with Gasteiger partial charge in [-0.05, 0) is 36.8 Å². The van der Waals surface area contributed by atoms with Gasteiger partial charge in [0, 0.05) is 30.3 Å². The lowest BCUT2D eigenvalue weighted by Gasteiger charge is -2.10. The molecule has 0 bridgehead atoms. The smallest absolute Gasteiger partial charge is 0.180 e. The van der Waals surface area contributed by atoms with Crippen molar-refractivity contribution >= 4 is 22.7 Å². The van der Waals surface area contributed by atoms with Crippen LogP contribution in [0.4, 0.5) is 11.5 Å². The van der Waals surface area contributed by atoms with Crippen LogP contribution >= 0.6 is 0 Å². The van der Waals surface area contributed by atoms with Gasteiger partial charge in [-0.15, -0.1) is 0 Å². The fourth-order valence-electron chi connectivity index (χ4n) is 2.90. The van der Waals surface area contributed by atoms with Crippen molar-refractivity contribution in [1.82, 2.24) is 19.8 Å².